The molecule has 0 atom stereocenters. The number of halogens is 1. The molecule has 2 aromatic carbocycles. The summed E-state index contributed by atoms with van der Waals surface area (Å²) >= 11 is 1.57. The van der Waals surface area contributed by atoms with Crippen LogP contribution >= 0.6 is 26.5 Å². The lowest BCUT2D eigenvalue weighted by atomic mass is 10.2. The molecule has 0 fully saturated rings. The van der Waals surface area contributed by atoms with Crippen molar-refractivity contribution in [2.75, 3.05) is 6.61 Å². The number of benzene rings is 2. The van der Waals surface area contributed by atoms with Crippen LogP contribution in [-0.4, -0.2) is 31.2 Å². The minimum Gasteiger partial charge on any atom is -0.490 e. The molecule has 3 aromatic rings. The van der Waals surface area contributed by atoms with Gasteiger partial charge in [0.1, 0.15) is 5.01 Å². The van der Waals surface area contributed by atoms with Gasteiger partial charge in [-0.25, -0.2) is 9.37 Å². The van der Waals surface area contributed by atoms with E-state index >= 15 is 0 Å². The van der Waals surface area contributed by atoms with Crippen molar-refractivity contribution in [2.45, 2.75) is 25.2 Å². The standard InChI is InChI=1S/C20H22FNO7P2S/c1-13-17(22-19(32-13)14-6-3-2-4-7-14)8-5-11-29-18-12-15(9-10-16(18)21)20(30(23,24)25)31(26,27)28/h2-4,6-7,9-10,12,20H,5,8,11H2,1H3,(H2,23,24,25)(H2,26,27,28). The van der Waals surface area contributed by atoms with Crippen molar-refractivity contribution in [3.63, 3.8) is 0 Å². The molecule has 0 aliphatic heterocycles. The summed E-state index contributed by atoms with van der Waals surface area (Å²) in [6, 6.07) is 12.5. The Balaban J connectivity index is 1.67. The van der Waals surface area contributed by atoms with Crippen molar-refractivity contribution in [3.05, 3.63) is 70.5 Å². The molecule has 4 N–H and O–H groups in total. The van der Waals surface area contributed by atoms with E-state index in [1.165, 1.54) is 0 Å². The summed E-state index contributed by atoms with van der Waals surface area (Å²) in [5.41, 5.74) is 1.52. The molecule has 3 rings (SSSR count). The van der Waals surface area contributed by atoms with Crippen LogP contribution in [0, 0.1) is 12.7 Å². The van der Waals surface area contributed by atoms with Gasteiger partial charge in [-0.2, -0.15) is 0 Å². The molecule has 12 heteroatoms. The second-order valence-corrected chi connectivity index (χ2v) is 12.1. The highest BCUT2D eigenvalue weighted by Gasteiger charge is 2.45. The van der Waals surface area contributed by atoms with E-state index in [9.17, 15) is 33.1 Å². The Morgan fingerprint density at radius 1 is 1.06 bits per heavy atom. The molecule has 0 spiro atoms. The van der Waals surface area contributed by atoms with Crippen LogP contribution in [0.2, 0.25) is 0 Å². The van der Waals surface area contributed by atoms with Gasteiger partial charge in [0.2, 0.25) is 0 Å². The first kappa shape index (κ1) is 24.7. The van der Waals surface area contributed by atoms with E-state index in [1.807, 2.05) is 37.3 Å². The zero-order valence-corrected chi connectivity index (χ0v) is 19.6. The summed E-state index contributed by atoms with van der Waals surface area (Å²) in [5.74, 6) is -1.14. The topological polar surface area (TPSA) is 137 Å². The molecule has 0 saturated heterocycles. The highest BCUT2D eigenvalue weighted by molar-refractivity contribution is 7.70. The molecular weight excluding hydrogens is 479 g/mol. The van der Waals surface area contributed by atoms with E-state index in [2.05, 4.69) is 4.98 Å². The number of hydrogen-bond donors (Lipinski definition) is 4. The molecule has 172 valence electrons. The van der Waals surface area contributed by atoms with Crippen molar-refractivity contribution in [1.29, 1.82) is 0 Å². The number of aromatic nitrogens is 1. The van der Waals surface area contributed by atoms with Gasteiger partial charge in [0.15, 0.2) is 17.0 Å². The minimum atomic E-state index is -5.20. The lowest BCUT2D eigenvalue weighted by Gasteiger charge is -2.20. The molecule has 0 aliphatic carbocycles. The average Bonchev–Trinajstić information content (AvgIpc) is 3.06. The van der Waals surface area contributed by atoms with E-state index in [1.54, 1.807) is 11.3 Å². The summed E-state index contributed by atoms with van der Waals surface area (Å²) in [6.45, 7) is 2.04. The van der Waals surface area contributed by atoms with Crippen LogP contribution in [0.1, 0.15) is 28.0 Å². The predicted octanol–water partition coefficient (Wildman–Crippen LogP) is 4.62. The molecule has 0 bridgehead atoms. The molecule has 0 amide bonds. The van der Waals surface area contributed by atoms with Crippen LogP contribution in [0.3, 0.4) is 0 Å². The molecule has 32 heavy (non-hydrogen) atoms. The Morgan fingerprint density at radius 3 is 2.34 bits per heavy atom. The second-order valence-electron chi connectivity index (χ2n) is 7.08. The quantitative estimate of drug-likeness (QED) is 0.246. The summed E-state index contributed by atoms with van der Waals surface area (Å²) < 4.78 is 42.7. The van der Waals surface area contributed by atoms with Crippen molar-refractivity contribution < 1.29 is 37.8 Å². The van der Waals surface area contributed by atoms with Gasteiger partial charge in [0.05, 0.1) is 12.3 Å². The zero-order valence-electron chi connectivity index (χ0n) is 17.0. The second kappa shape index (κ2) is 9.93. The van der Waals surface area contributed by atoms with Gasteiger partial charge in [-0.05, 0) is 37.5 Å². The van der Waals surface area contributed by atoms with Crippen LogP contribution in [0.4, 0.5) is 4.39 Å². The van der Waals surface area contributed by atoms with Gasteiger partial charge < -0.3 is 24.3 Å². The van der Waals surface area contributed by atoms with E-state index in [0.29, 0.717) is 12.8 Å². The first-order valence-corrected chi connectivity index (χ1v) is 13.7. The van der Waals surface area contributed by atoms with Crippen LogP contribution in [-0.2, 0) is 15.6 Å². The van der Waals surface area contributed by atoms with Gasteiger partial charge in [0, 0.05) is 10.4 Å². The van der Waals surface area contributed by atoms with Crippen molar-refractivity contribution in [1.82, 2.24) is 4.98 Å². The lowest BCUT2D eigenvalue weighted by Crippen LogP contribution is -2.05. The number of ether oxygens (including phenoxy) is 1. The molecular formula is C20H22FNO7P2S. The van der Waals surface area contributed by atoms with Gasteiger partial charge in [-0.3, -0.25) is 9.13 Å². The monoisotopic (exact) mass is 501 g/mol. The third kappa shape index (κ3) is 6.11. The molecule has 0 radical (unpaired) electrons. The van der Waals surface area contributed by atoms with E-state index < -0.39 is 32.0 Å². The maximum Gasteiger partial charge on any atom is 0.345 e. The fourth-order valence-electron chi connectivity index (χ4n) is 3.16. The summed E-state index contributed by atoms with van der Waals surface area (Å²) in [5, 5.41) is -1.48. The molecule has 0 aliphatic rings. The maximum atomic E-state index is 14.1. The first-order chi connectivity index (χ1) is 15.0. The predicted molar refractivity (Wildman–Crippen MR) is 119 cm³/mol. The highest BCUT2D eigenvalue weighted by Crippen LogP contribution is 2.70. The lowest BCUT2D eigenvalue weighted by molar-refractivity contribution is 0.294. The van der Waals surface area contributed by atoms with Gasteiger partial charge >= 0.3 is 15.2 Å². The molecule has 8 nitrogen and oxygen atoms in total. The van der Waals surface area contributed by atoms with Crippen molar-refractivity contribution in [2.24, 2.45) is 0 Å². The zero-order chi connectivity index (χ0) is 23.5. The smallest absolute Gasteiger partial charge is 0.345 e. The Kier molecular flexibility index (Phi) is 7.68. The van der Waals surface area contributed by atoms with Crippen molar-refractivity contribution >= 4 is 26.5 Å². The summed E-state index contributed by atoms with van der Waals surface area (Å²) in [4.78, 5) is 43.1. The summed E-state index contributed by atoms with van der Waals surface area (Å²) in [6.07, 6.45) is 1.06. The molecule has 0 unspecified atom stereocenters. The van der Waals surface area contributed by atoms with E-state index in [4.69, 9.17) is 4.74 Å². The largest absolute Gasteiger partial charge is 0.490 e. The Labute approximate surface area is 188 Å². The average molecular weight is 501 g/mol. The van der Waals surface area contributed by atoms with Crippen molar-refractivity contribution in [3.8, 4) is 16.3 Å². The summed E-state index contributed by atoms with van der Waals surface area (Å²) in [7, 11) is -10.4. The van der Waals surface area contributed by atoms with Crippen LogP contribution in [0.25, 0.3) is 10.6 Å². The number of rotatable bonds is 9. The normalized spacial score (nSPS) is 12.3. The van der Waals surface area contributed by atoms with Crippen LogP contribution in [0.15, 0.2) is 48.5 Å². The Hall–Kier alpha value is -1.90. The van der Waals surface area contributed by atoms with E-state index in [0.717, 1.165) is 39.3 Å². The maximum absolute atomic E-state index is 14.1. The molecule has 1 aromatic heterocycles. The molecule has 1 heterocycles. The van der Waals surface area contributed by atoms with Gasteiger partial charge in [0.25, 0.3) is 0 Å². The SMILES string of the molecule is Cc1sc(-c2ccccc2)nc1CCCOc1cc(C(P(=O)(O)O)P(=O)(O)O)ccc1F. The van der Waals surface area contributed by atoms with Crippen LogP contribution < -0.4 is 4.74 Å². The fraction of sp³-hybridized carbons (Fsp3) is 0.250. The fourth-order valence-corrected chi connectivity index (χ4v) is 6.79. The van der Waals surface area contributed by atoms with Crippen LogP contribution in [0.5, 0.6) is 5.75 Å². The first-order valence-electron chi connectivity index (χ1n) is 9.51. The third-order valence-corrected chi connectivity index (χ3v) is 9.36. The number of nitrogens with zero attached hydrogens (tertiary/aromatic N) is 1. The number of aryl methyl sites for hydroxylation is 2. The number of hydrogen-bond acceptors (Lipinski definition) is 5. The van der Waals surface area contributed by atoms with E-state index in [-0.39, 0.29) is 12.4 Å². The van der Waals surface area contributed by atoms with Gasteiger partial charge in [-0.1, -0.05) is 36.4 Å². The van der Waals surface area contributed by atoms with Gasteiger partial charge in [-0.15, -0.1) is 11.3 Å². The third-order valence-electron chi connectivity index (χ3n) is 4.62. The minimum absolute atomic E-state index is 0.0779. The highest BCUT2D eigenvalue weighted by atomic mass is 32.1. The Morgan fingerprint density at radius 2 is 1.72 bits per heavy atom. The number of thiazole rings is 1. The Bertz CT molecular complexity index is 1150. The molecule has 0 saturated carbocycles.